The summed E-state index contributed by atoms with van der Waals surface area (Å²) in [6, 6.07) is 5.89. The van der Waals surface area contributed by atoms with Crippen LogP contribution >= 0.6 is 0 Å². The van der Waals surface area contributed by atoms with Crippen molar-refractivity contribution < 1.29 is 4.39 Å². The van der Waals surface area contributed by atoms with E-state index in [1.165, 1.54) is 0 Å². The Bertz CT molecular complexity index is 437. The Kier molecular flexibility index (Phi) is 5.03. The quantitative estimate of drug-likeness (QED) is 0.876. The van der Waals surface area contributed by atoms with Crippen LogP contribution in [0.3, 0.4) is 0 Å². The van der Waals surface area contributed by atoms with E-state index < -0.39 is 0 Å². The molecule has 1 heterocycles. The molecule has 0 saturated carbocycles. The maximum Gasteiger partial charge on any atom is 0.146 e. The van der Waals surface area contributed by atoms with Crippen LogP contribution in [0.25, 0.3) is 0 Å². The van der Waals surface area contributed by atoms with E-state index in [9.17, 15) is 4.39 Å². The van der Waals surface area contributed by atoms with Crippen LogP contribution in [-0.2, 0) is 0 Å². The number of halogens is 1. The molecule has 1 aromatic carbocycles. The highest BCUT2D eigenvalue weighted by atomic mass is 19.1. The molecule has 1 fully saturated rings. The molecular formula is C17H27FN2. The fourth-order valence-electron chi connectivity index (χ4n) is 2.85. The molecule has 3 unspecified atom stereocenters. The van der Waals surface area contributed by atoms with E-state index in [4.69, 9.17) is 0 Å². The van der Waals surface area contributed by atoms with E-state index in [0.29, 0.717) is 11.8 Å². The van der Waals surface area contributed by atoms with Crippen molar-refractivity contribution in [3.8, 4) is 0 Å². The minimum atomic E-state index is -0.0889. The van der Waals surface area contributed by atoms with Gasteiger partial charge in [0.2, 0.25) is 0 Å². The van der Waals surface area contributed by atoms with Crippen LogP contribution in [0.2, 0.25) is 0 Å². The van der Waals surface area contributed by atoms with E-state index in [-0.39, 0.29) is 11.9 Å². The average molecular weight is 278 g/mol. The van der Waals surface area contributed by atoms with Crippen molar-refractivity contribution in [3.63, 3.8) is 0 Å². The SMILES string of the molecule is CCCNC(C)c1ccc(N2CC(C)C(C)C2)c(F)c1. The molecule has 1 N–H and O–H groups in total. The maximum absolute atomic E-state index is 14.4. The van der Waals surface area contributed by atoms with Gasteiger partial charge in [-0.15, -0.1) is 0 Å². The summed E-state index contributed by atoms with van der Waals surface area (Å²) in [5.74, 6) is 1.19. The van der Waals surface area contributed by atoms with Gasteiger partial charge in [-0.1, -0.05) is 26.8 Å². The average Bonchev–Trinajstić information content (AvgIpc) is 2.75. The van der Waals surface area contributed by atoms with Crippen molar-refractivity contribution in [3.05, 3.63) is 29.6 Å². The fourth-order valence-corrected chi connectivity index (χ4v) is 2.85. The van der Waals surface area contributed by atoms with E-state index >= 15 is 0 Å². The Morgan fingerprint density at radius 3 is 2.50 bits per heavy atom. The number of hydrogen-bond acceptors (Lipinski definition) is 2. The third kappa shape index (κ3) is 3.32. The van der Waals surface area contributed by atoms with E-state index in [1.807, 2.05) is 6.07 Å². The molecule has 0 spiro atoms. The molecule has 3 heteroatoms. The van der Waals surface area contributed by atoms with Gasteiger partial charge in [-0.25, -0.2) is 4.39 Å². The van der Waals surface area contributed by atoms with Crippen LogP contribution in [0.1, 0.15) is 45.7 Å². The molecule has 2 nitrogen and oxygen atoms in total. The molecule has 1 aliphatic heterocycles. The molecule has 1 aliphatic rings. The molecule has 0 aromatic heterocycles. The number of benzene rings is 1. The van der Waals surface area contributed by atoms with Crippen LogP contribution in [0.4, 0.5) is 10.1 Å². The lowest BCUT2D eigenvalue weighted by Gasteiger charge is -2.21. The van der Waals surface area contributed by atoms with Gasteiger partial charge >= 0.3 is 0 Å². The summed E-state index contributed by atoms with van der Waals surface area (Å²) >= 11 is 0. The van der Waals surface area contributed by atoms with Gasteiger partial charge in [-0.3, -0.25) is 0 Å². The van der Waals surface area contributed by atoms with Gasteiger partial charge in [0.1, 0.15) is 5.82 Å². The van der Waals surface area contributed by atoms with Crippen molar-refractivity contribution in [1.29, 1.82) is 0 Å². The van der Waals surface area contributed by atoms with Crippen molar-refractivity contribution in [1.82, 2.24) is 5.32 Å². The van der Waals surface area contributed by atoms with Crippen molar-refractivity contribution >= 4 is 5.69 Å². The standard InChI is InChI=1S/C17H27FN2/c1-5-8-19-14(4)15-6-7-17(16(18)9-15)20-10-12(2)13(3)11-20/h6-7,9,12-14,19H,5,8,10-11H2,1-4H3. The predicted molar refractivity (Wildman–Crippen MR) is 83.6 cm³/mol. The van der Waals surface area contributed by atoms with Crippen molar-refractivity contribution in [2.45, 2.75) is 40.2 Å². The molecular weight excluding hydrogens is 251 g/mol. The van der Waals surface area contributed by atoms with E-state index in [0.717, 1.165) is 37.3 Å². The predicted octanol–water partition coefficient (Wildman–Crippen LogP) is 3.98. The Morgan fingerprint density at radius 2 is 1.95 bits per heavy atom. The van der Waals surface area contributed by atoms with Crippen molar-refractivity contribution in [2.24, 2.45) is 11.8 Å². The van der Waals surface area contributed by atoms with Gasteiger partial charge in [-0.05, 0) is 49.4 Å². The molecule has 1 saturated heterocycles. The summed E-state index contributed by atoms with van der Waals surface area (Å²) in [6.07, 6.45) is 1.09. The van der Waals surface area contributed by atoms with Crippen LogP contribution in [0, 0.1) is 17.7 Å². The lowest BCUT2D eigenvalue weighted by Crippen LogP contribution is -2.22. The van der Waals surface area contributed by atoms with Crippen molar-refractivity contribution in [2.75, 3.05) is 24.5 Å². The summed E-state index contributed by atoms with van der Waals surface area (Å²) in [6.45, 7) is 11.6. The van der Waals surface area contributed by atoms with Crippen LogP contribution in [0.15, 0.2) is 18.2 Å². The lowest BCUT2D eigenvalue weighted by molar-refractivity contribution is 0.494. The molecule has 0 amide bonds. The fraction of sp³-hybridized carbons (Fsp3) is 0.647. The second kappa shape index (κ2) is 6.57. The third-order valence-electron chi connectivity index (χ3n) is 4.50. The molecule has 0 radical (unpaired) electrons. The zero-order chi connectivity index (χ0) is 14.7. The third-order valence-corrected chi connectivity index (χ3v) is 4.50. The normalized spacial score (nSPS) is 24.1. The number of nitrogens with one attached hydrogen (secondary N) is 1. The summed E-state index contributed by atoms with van der Waals surface area (Å²) in [4.78, 5) is 2.18. The highest BCUT2D eigenvalue weighted by Crippen LogP contribution is 2.30. The molecule has 112 valence electrons. The van der Waals surface area contributed by atoms with Gasteiger partial charge in [0.05, 0.1) is 5.69 Å². The maximum atomic E-state index is 14.4. The van der Waals surface area contributed by atoms with Crippen LogP contribution < -0.4 is 10.2 Å². The first-order valence-corrected chi connectivity index (χ1v) is 7.80. The number of hydrogen-bond donors (Lipinski definition) is 1. The Morgan fingerprint density at radius 1 is 1.30 bits per heavy atom. The first-order chi connectivity index (χ1) is 9.52. The molecule has 1 aromatic rings. The molecule has 3 atom stereocenters. The summed E-state index contributed by atoms with van der Waals surface area (Å²) < 4.78 is 14.4. The highest BCUT2D eigenvalue weighted by molar-refractivity contribution is 5.50. The molecule has 2 rings (SSSR count). The monoisotopic (exact) mass is 278 g/mol. The van der Waals surface area contributed by atoms with Gasteiger partial charge in [0.25, 0.3) is 0 Å². The zero-order valence-electron chi connectivity index (χ0n) is 13.1. The van der Waals surface area contributed by atoms with Gasteiger partial charge in [-0.2, -0.15) is 0 Å². The lowest BCUT2D eigenvalue weighted by atomic mass is 10.0. The second-order valence-electron chi connectivity index (χ2n) is 6.25. The summed E-state index contributed by atoms with van der Waals surface area (Å²) in [5.41, 5.74) is 1.78. The topological polar surface area (TPSA) is 15.3 Å². The van der Waals surface area contributed by atoms with E-state index in [1.54, 1.807) is 6.07 Å². The molecule has 0 aliphatic carbocycles. The second-order valence-corrected chi connectivity index (χ2v) is 6.25. The highest BCUT2D eigenvalue weighted by Gasteiger charge is 2.27. The van der Waals surface area contributed by atoms with Crippen LogP contribution in [0.5, 0.6) is 0 Å². The Labute approximate surface area is 122 Å². The zero-order valence-corrected chi connectivity index (χ0v) is 13.1. The molecule has 20 heavy (non-hydrogen) atoms. The number of nitrogens with zero attached hydrogens (tertiary/aromatic N) is 1. The number of anilines is 1. The summed E-state index contributed by atoms with van der Waals surface area (Å²) in [7, 11) is 0. The van der Waals surface area contributed by atoms with E-state index in [2.05, 4.69) is 44.0 Å². The molecule has 0 bridgehead atoms. The van der Waals surface area contributed by atoms with Gasteiger partial charge < -0.3 is 10.2 Å². The first-order valence-electron chi connectivity index (χ1n) is 7.80. The minimum absolute atomic E-state index is 0.0889. The van der Waals surface area contributed by atoms with Gasteiger partial charge in [0.15, 0.2) is 0 Å². The van der Waals surface area contributed by atoms with Gasteiger partial charge in [0, 0.05) is 19.1 Å². The largest absolute Gasteiger partial charge is 0.369 e. The smallest absolute Gasteiger partial charge is 0.146 e. The Balaban J connectivity index is 2.10. The first kappa shape index (κ1) is 15.3. The Hall–Kier alpha value is -1.09. The van der Waals surface area contributed by atoms with Crippen LogP contribution in [-0.4, -0.2) is 19.6 Å². The minimum Gasteiger partial charge on any atom is -0.369 e. The number of rotatable bonds is 5. The summed E-state index contributed by atoms with van der Waals surface area (Å²) in [5, 5.41) is 3.40.